The Hall–Kier alpha value is -2.36. The highest BCUT2D eigenvalue weighted by Gasteiger charge is 2.08. The number of carbonyl (C=O) groups excluding carboxylic acids is 1. The Morgan fingerprint density at radius 1 is 1.15 bits per heavy atom. The summed E-state index contributed by atoms with van der Waals surface area (Å²) in [6.45, 7) is 4.01. The maximum atomic E-state index is 13.5. The Balaban J connectivity index is 2.09. The van der Waals surface area contributed by atoms with E-state index in [0.717, 1.165) is 11.1 Å². The van der Waals surface area contributed by atoms with Crippen LogP contribution in [0.3, 0.4) is 0 Å². The first-order valence-electron chi connectivity index (χ1n) is 6.36. The van der Waals surface area contributed by atoms with Crippen LogP contribution in [0.5, 0.6) is 0 Å². The monoisotopic (exact) mass is 272 g/mol. The fraction of sp³-hybridized carbons (Fsp3) is 0.188. The molecule has 0 aliphatic carbocycles. The zero-order valence-corrected chi connectivity index (χ0v) is 11.5. The molecule has 2 aromatic carbocycles. The smallest absolute Gasteiger partial charge is 0.228 e. The second-order valence-corrected chi connectivity index (χ2v) is 4.88. The van der Waals surface area contributed by atoms with Crippen molar-refractivity contribution >= 4 is 17.3 Å². The van der Waals surface area contributed by atoms with Gasteiger partial charge >= 0.3 is 0 Å². The summed E-state index contributed by atoms with van der Waals surface area (Å²) in [6.07, 6.45) is 0.204. The van der Waals surface area contributed by atoms with E-state index in [4.69, 9.17) is 5.73 Å². The van der Waals surface area contributed by atoms with Crippen LogP contribution < -0.4 is 11.1 Å². The molecule has 2 aromatic rings. The Morgan fingerprint density at radius 2 is 1.90 bits per heavy atom. The molecule has 4 heteroatoms. The van der Waals surface area contributed by atoms with E-state index in [0.29, 0.717) is 5.69 Å². The number of amides is 1. The number of carbonyl (C=O) groups is 1. The minimum absolute atomic E-state index is 0.110. The van der Waals surface area contributed by atoms with E-state index in [2.05, 4.69) is 5.32 Å². The Labute approximate surface area is 117 Å². The third-order valence-corrected chi connectivity index (χ3v) is 3.20. The van der Waals surface area contributed by atoms with Gasteiger partial charge in [0.25, 0.3) is 0 Å². The third kappa shape index (κ3) is 3.35. The molecule has 0 bridgehead atoms. The lowest BCUT2D eigenvalue weighted by Crippen LogP contribution is -2.15. The average Bonchev–Trinajstić information content (AvgIpc) is 2.38. The predicted molar refractivity (Wildman–Crippen MR) is 79.1 cm³/mol. The Morgan fingerprint density at radius 3 is 2.60 bits per heavy atom. The van der Waals surface area contributed by atoms with Gasteiger partial charge in [0, 0.05) is 5.69 Å². The standard InChI is InChI=1S/C16H17FN2O/c1-10-3-4-12(7-11(10)2)8-16(20)19-15-9-13(18)5-6-14(15)17/h3-7,9H,8,18H2,1-2H3,(H,19,20). The van der Waals surface area contributed by atoms with Crippen molar-refractivity contribution in [1.82, 2.24) is 0 Å². The number of nitrogens with two attached hydrogens (primary N) is 1. The highest BCUT2D eigenvalue weighted by Crippen LogP contribution is 2.18. The van der Waals surface area contributed by atoms with Crippen molar-refractivity contribution in [3.63, 3.8) is 0 Å². The third-order valence-electron chi connectivity index (χ3n) is 3.20. The first-order valence-corrected chi connectivity index (χ1v) is 6.36. The van der Waals surface area contributed by atoms with Crippen LogP contribution in [0.25, 0.3) is 0 Å². The van der Waals surface area contributed by atoms with Crippen LogP contribution in [0.1, 0.15) is 16.7 Å². The van der Waals surface area contributed by atoms with Crippen LogP contribution in [0.2, 0.25) is 0 Å². The number of nitrogens with one attached hydrogen (secondary N) is 1. The van der Waals surface area contributed by atoms with Gasteiger partial charge in [-0.15, -0.1) is 0 Å². The molecule has 3 nitrogen and oxygen atoms in total. The molecular formula is C16H17FN2O. The summed E-state index contributed by atoms with van der Waals surface area (Å²) in [7, 11) is 0. The van der Waals surface area contributed by atoms with Crippen molar-refractivity contribution in [3.05, 3.63) is 58.9 Å². The zero-order valence-electron chi connectivity index (χ0n) is 11.5. The van der Waals surface area contributed by atoms with Crippen molar-refractivity contribution in [2.75, 3.05) is 11.1 Å². The van der Waals surface area contributed by atoms with E-state index in [-0.39, 0.29) is 18.0 Å². The molecule has 20 heavy (non-hydrogen) atoms. The summed E-state index contributed by atoms with van der Waals surface area (Å²) in [4.78, 5) is 11.9. The summed E-state index contributed by atoms with van der Waals surface area (Å²) < 4.78 is 13.5. The summed E-state index contributed by atoms with van der Waals surface area (Å²) in [5.41, 5.74) is 9.30. The highest BCUT2D eigenvalue weighted by atomic mass is 19.1. The first-order chi connectivity index (χ1) is 9.45. The first kappa shape index (κ1) is 14.1. The van der Waals surface area contributed by atoms with Gasteiger partial charge in [0.15, 0.2) is 0 Å². The second kappa shape index (κ2) is 5.74. The van der Waals surface area contributed by atoms with E-state index in [9.17, 15) is 9.18 Å². The molecular weight excluding hydrogens is 255 g/mol. The number of aryl methyl sites for hydroxylation is 2. The van der Waals surface area contributed by atoms with Crippen LogP contribution >= 0.6 is 0 Å². The van der Waals surface area contributed by atoms with Gasteiger partial charge in [-0.3, -0.25) is 4.79 Å². The Bertz CT molecular complexity index is 653. The fourth-order valence-electron chi connectivity index (χ4n) is 1.93. The molecule has 0 radical (unpaired) electrons. The number of hydrogen-bond acceptors (Lipinski definition) is 2. The van der Waals surface area contributed by atoms with Crippen LogP contribution in [0, 0.1) is 19.7 Å². The van der Waals surface area contributed by atoms with Crippen LogP contribution in [-0.2, 0) is 11.2 Å². The molecule has 1 amide bonds. The van der Waals surface area contributed by atoms with Gasteiger partial charge in [-0.25, -0.2) is 4.39 Å². The lowest BCUT2D eigenvalue weighted by atomic mass is 10.0. The van der Waals surface area contributed by atoms with Gasteiger partial charge < -0.3 is 11.1 Å². The number of nitrogen functional groups attached to an aromatic ring is 1. The maximum absolute atomic E-state index is 13.5. The van der Waals surface area contributed by atoms with E-state index in [1.165, 1.54) is 23.8 Å². The summed E-state index contributed by atoms with van der Waals surface area (Å²) in [6, 6.07) is 9.93. The van der Waals surface area contributed by atoms with Crippen LogP contribution in [-0.4, -0.2) is 5.91 Å². The molecule has 3 N–H and O–H groups in total. The lowest BCUT2D eigenvalue weighted by Gasteiger charge is -2.08. The van der Waals surface area contributed by atoms with Crippen LogP contribution in [0.15, 0.2) is 36.4 Å². The number of hydrogen-bond donors (Lipinski definition) is 2. The molecule has 0 spiro atoms. The molecule has 0 aliphatic rings. The SMILES string of the molecule is Cc1ccc(CC(=O)Nc2cc(N)ccc2F)cc1C. The second-order valence-electron chi connectivity index (χ2n) is 4.88. The van der Waals surface area contributed by atoms with E-state index in [1.54, 1.807) is 0 Å². The topological polar surface area (TPSA) is 55.1 Å². The van der Waals surface area contributed by atoms with Crippen molar-refractivity contribution in [2.24, 2.45) is 0 Å². The normalized spacial score (nSPS) is 10.3. The van der Waals surface area contributed by atoms with Gasteiger partial charge in [-0.2, -0.15) is 0 Å². The van der Waals surface area contributed by atoms with Crippen molar-refractivity contribution in [1.29, 1.82) is 0 Å². The number of benzene rings is 2. The fourth-order valence-corrected chi connectivity index (χ4v) is 1.93. The van der Waals surface area contributed by atoms with Gasteiger partial charge in [0.1, 0.15) is 5.82 Å². The average molecular weight is 272 g/mol. The maximum Gasteiger partial charge on any atom is 0.228 e. The van der Waals surface area contributed by atoms with Crippen molar-refractivity contribution in [3.8, 4) is 0 Å². The predicted octanol–water partition coefficient (Wildman–Crippen LogP) is 3.21. The number of rotatable bonds is 3. The molecule has 0 heterocycles. The zero-order chi connectivity index (χ0) is 14.7. The molecule has 0 fully saturated rings. The lowest BCUT2D eigenvalue weighted by molar-refractivity contribution is -0.115. The van der Waals surface area contributed by atoms with Gasteiger partial charge in [0.2, 0.25) is 5.91 Å². The molecule has 104 valence electrons. The molecule has 0 saturated heterocycles. The van der Waals surface area contributed by atoms with Crippen molar-refractivity contribution < 1.29 is 9.18 Å². The summed E-state index contributed by atoms with van der Waals surface area (Å²) >= 11 is 0. The van der Waals surface area contributed by atoms with Gasteiger partial charge in [-0.1, -0.05) is 18.2 Å². The molecule has 0 unspecified atom stereocenters. The van der Waals surface area contributed by atoms with Gasteiger partial charge in [-0.05, 0) is 48.7 Å². The Kier molecular flexibility index (Phi) is 4.03. The minimum atomic E-state index is -0.493. The van der Waals surface area contributed by atoms with E-state index >= 15 is 0 Å². The van der Waals surface area contributed by atoms with E-state index < -0.39 is 5.82 Å². The summed E-state index contributed by atoms with van der Waals surface area (Å²) in [5.74, 6) is -0.759. The molecule has 0 atom stereocenters. The number of anilines is 2. The summed E-state index contributed by atoms with van der Waals surface area (Å²) in [5, 5.41) is 2.54. The van der Waals surface area contributed by atoms with Crippen LogP contribution in [0.4, 0.5) is 15.8 Å². The van der Waals surface area contributed by atoms with Crippen molar-refractivity contribution in [2.45, 2.75) is 20.3 Å². The number of halogens is 1. The molecule has 0 saturated carbocycles. The molecule has 0 aromatic heterocycles. The highest BCUT2D eigenvalue weighted by molar-refractivity contribution is 5.92. The molecule has 2 rings (SSSR count). The minimum Gasteiger partial charge on any atom is -0.399 e. The van der Waals surface area contributed by atoms with E-state index in [1.807, 2.05) is 32.0 Å². The van der Waals surface area contributed by atoms with Gasteiger partial charge in [0.05, 0.1) is 12.1 Å². The molecule has 0 aliphatic heterocycles. The largest absolute Gasteiger partial charge is 0.399 e. The quantitative estimate of drug-likeness (QED) is 0.843.